The van der Waals surface area contributed by atoms with Gasteiger partial charge in [0, 0.05) is 11.5 Å². The van der Waals surface area contributed by atoms with Crippen molar-refractivity contribution < 1.29 is 9.53 Å². The van der Waals surface area contributed by atoms with E-state index >= 15 is 0 Å². The Labute approximate surface area is 136 Å². The third kappa shape index (κ3) is 4.07. The van der Waals surface area contributed by atoms with Crippen molar-refractivity contribution in [2.75, 3.05) is 18.7 Å². The van der Waals surface area contributed by atoms with Crippen LogP contribution in [0.1, 0.15) is 5.56 Å². The number of nitrogens with zero attached hydrogens (tertiary/aromatic N) is 3. The molecule has 0 aliphatic carbocycles. The van der Waals surface area contributed by atoms with Gasteiger partial charge in [0.1, 0.15) is 17.4 Å². The molecule has 2 rings (SSSR count). The highest BCUT2D eigenvalue weighted by Gasteiger charge is 2.12. The Bertz CT molecular complexity index is 732. The van der Waals surface area contributed by atoms with Crippen molar-refractivity contribution in [2.24, 2.45) is 0 Å². The zero-order valence-corrected chi connectivity index (χ0v) is 13.5. The monoisotopic (exact) mass is 332 g/mol. The molecular formula is C14H12N4O2S2. The van der Waals surface area contributed by atoms with E-state index in [2.05, 4.69) is 14.7 Å². The maximum Gasteiger partial charge on any atom is 0.268 e. The topological polar surface area (TPSA) is 87.9 Å². The number of ether oxygens (including phenoxy) is 1. The average molecular weight is 332 g/mol. The molecule has 0 bridgehead atoms. The Morgan fingerprint density at radius 3 is 2.73 bits per heavy atom. The first-order chi connectivity index (χ1) is 10.7. The molecule has 1 heterocycles. The van der Waals surface area contributed by atoms with Crippen molar-refractivity contribution in [3.05, 3.63) is 35.4 Å². The van der Waals surface area contributed by atoms with Gasteiger partial charge < -0.3 is 4.74 Å². The number of rotatable bonds is 5. The Kier molecular flexibility index (Phi) is 5.52. The van der Waals surface area contributed by atoms with Crippen LogP contribution >= 0.6 is 23.3 Å². The molecule has 1 amide bonds. The molecule has 112 valence electrons. The van der Waals surface area contributed by atoms with E-state index in [4.69, 9.17) is 10.00 Å². The number of hydrogen-bond acceptors (Lipinski definition) is 7. The highest BCUT2D eigenvalue weighted by atomic mass is 32.2. The van der Waals surface area contributed by atoms with E-state index < -0.39 is 5.91 Å². The van der Waals surface area contributed by atoms with E-state index in [9.17, 15) is 4.79 Å². The molecule has 1 aromatic carbocycles. The molecule has 1 N–H and O–H groups in total. The zero-order chi connectivity index (χ0) is 15.9. The van der Waals surface area contributed by atoms with Crippen LogP contribution < -0.4 is 10.1 Å². The second kappa shape index (κ2) is 7.59. The van der Waals surface area contributed by atoms with E-state index in [0.29, 0.717) is 16.0 Å². The smallest absolute Gasteiger partial charge is 0.268 e. The van der Waals surface area contributed by atoms with Crippen LogP contribution in [0.2, 0.25) is 0 Å². The highest BCUT2D eigenvalue weighted by Crippen LogP contribution is 2.19. The molecule has 0 aliphatic rings. The summed E-state index contributed by atoms with van der Waals surface area (Å²) in [7, 11) is 1.57. The van der Waals surface area contributed by atoms with E-state index in [1.807, 2.05) is 12.3 Å². The molecule has 0 radical (unpaired) electrons. The number of methoxy groups -OCH3 is 1. The zero-order valence-electron chi connectivity index (χ0n) is 11.9. The average Bonchev–Trinajstić information content (AvgIpc) is 3.00. The van der Waals surface area contributed by atoms with Gasteiger partial charge in [-0.2, -0.15) is 14.6 Å². The van der Waals surface area contributed by atoms with Gasteiger partial charge in [-0.3, -0.25) is 10.1 Å². The molecule has 0 unspecified atom stereocenters. The van der Waals surface area contributed by atoms with Gasteiger partial charge >= 0.3 is 0 Å². The van der Waals surface area contributed by atoms with Crippen LogP contribution in [0.5, 0.6) is 5.75 Å². The van der Waals surface area contributed by atoms with Gasteiger partial charge in [-0.15, -0.1) is 0 Å². The van der Waals surface area contributed by atoms with Crippen LogP contribution in [-0.4, -0.2) is 28.6 Å². The molecule has 0 atom stereocenters. The number of hydrogen-bond donors (Lipinski definition) is 1. The molecule has 0 aliphatic heterocycles. The van der Waals surface area contributed by atoms with Crippen LogP contribution in [-0.2, 0) is 4.79 Å². The fraction of sp³-hybridized carbons (Fsp3) is 0.143. The number of thioether (sulfide) groups is 1. The maximum absolute atomic E-state index is 12.1. The van der Waals surface area contributed by atoms with Crippen molar-refractivity contribution in [3.8, 4) is 11.8 Å². The van der Waals surface area contributed by atoms with Gasteiger partial charge in [0.15, 0.2) is 0 Å². The van der Waals surface area contributed by atoms with Crippen molar-refractivity contribution in [1.82, 2.24) is 9.36 Å². The predicted molar refractivity (Wildman–Crippen MR) is 86.9 cm³/mol. The Balaban J connectivity index is 2.13. The predicted octanol–water partition coefficient (Wildman–Crippen LogP) is 2.81. The standard InChI is InChI=1S/C14H12N4O2S2/c1-20-11-5-3-9(4-6-11)7-10(8-15)12(19)16-13-17-14(21-2)18-22-13/h3-7H,1-2H3,(H,16,17,18,19)/b10-7-. The number of nitriles is 1. The summed E-state index contributed by atoms with van der Waals surface area (Å²) in [5.74, 6) is 0.195. The number of carbonyl (C=O) groups excluding carboxylic acids is 1. The fourth-order valence-electron chi connectivity index (χ4n) is 1.52. The first-order valence-corrected chi connectivity index (χ1v) is 8.11. The molecule has 0 saturated carbocycles. The first kappa shape index (κ1) is 16.0. The SMILES string of the molecule is COc1ccc(/C=C(/C#N)C(=O)Nc2nc(SC)ns2)cc1. The molecule has 1 aromatic heterocycles. The highest BCUT2D eigenvalue weighted by molar-refractivity contribution is 7.98. The van der Waals surface area contributed by atoms with Gasteiger partial charge in [0.25, 0.3) is 5.91 Å². The number of amides is 1. The van der Waals surface area contributed by atoms with Crippen molar-refractivity contribution in [2.45, 2.75) is 5.16 Å². The van der Waals surface area contributed by atoms with Gasteiger partial charge in [0.2, 0.25) is 10.3 Å². The third-order valence-electron chi connectivity index (χ3n) is 2.60. The summed E-state index contributed by atoms with van der Waals surface area (Å²) >= 11 is 2.46. The number of carbonyl (C=O) groups is 1. The minimum absolute atomic E-state index is 0.00827. The van der Waals surface area contributed by atoms with Gasteiger partial charge in [-0.1, -0.05) is 23.9 Å². The lowest BCUT2D eigenvalue weighted by Crippen LogP contribution is -2.13. The first-order valence-electron chi connectivity index (χ1n) is 6.11. The van der Waals surface area contributed by atoms with Crippen molar-refractivity contribution in [3.63, 3.8) is 0 Å². The maximum atomic E-state index is 12.1. The molecule has 0 fully saturated rings. The molecule has 8 heteroatoms. The largest absolute Gasteiger partial charge is 0.497 e. The third-order valence-corrected chi connectivity index (χ3v) is 3.90. The molecule has 0 spiro atoms. The number of nitrogens with one attached hydrogen (secondary N) is 1. The molecule has 22 heavy (non-hydrogen) atoms. The van der Waals surface area contributed by atoms with Crippen LogP contribution in [0.4, 0.5) is 5.13 Å². The van der Waals surface area contributed by atoms with Crippen LogP contribution in [0.15, 0.2) is 35.0 Å². The number of aromatic nitrogens is 2. The quantitative estimate of drug-likeness (QED) is 0.514. The van der Waals surface area contributed by atoms with Crippen molar-refractivity contribution in [1.29, 1.82) is 5.26 Å². The Morgan fingerprint density at radius 1 is 1.45 bits per heavy atom. The summed E-state index contributed by atoms with van der Waals surface area (Å²) in [6.07, 6.45) is 3.35. The Morgan fingerprint density at radius 2 is 2.18 bits per heavy atom. The second-order valence-corrected chi connectivity index (χ2v) is 5.51. The lowest BCUT2D eigenvalue weighted by molar-refractivity contribution is -0.112. The molecular weight excluding hydrogens is 320 g/mol. The molecule has 2 aromatic rings. The lowest BCUT2D eigenvalue weighted by Gasteiger charge is -2.01. The summed E-state index contributed by atoms with van der Waals surface area (Å²) in [5.41, 5.74) is 0.723. The van der Waals surface area contributed by atoms with E-state index in [1.165, 1.54) is 17.8 Å². The van der Waals surface area contributed by atoms with E-state index in [1.54, 1.807) is 31.4 Å². The lowest BCUT2D eigenvalue weighted by atomic mass is 10.1. The number of benzene rings is 1. The van der Waals surface area contributed by atoms with Crippen LogP contribution in [0.3, 0.4) is 0 Å². The van der Waals surface area contributed by atoms with Gasteiger partial charge in [-0.25, -0.2) is 0 Å². The van der Waals surface area contributed by atoms with E-state index in [0.717, 1.165) is 17.1 Å². The summed E-state index contributed by atoms with van der Waals surface area (Å²) in [4.78, 5) is 16.2. The molecule has 6 nitrogen and oxygen atoms in total. The van der Waals surface area contributed by atoms with Gasteiger partial charge in [-0.05, 0) is 30.0 Å². The van der Waals surface area contributed by atoms with Crippen LogP contribution in [0.25, 0.3) is 6.08 Å². The summed E-state index contributed by atoms with van der Waals surface area (Å²) in [5, 5.41) is 12.7. The fourth-order valence-corrected chi connectivity index (χ4v) is 2.64. The number of anilines is 1. The van der Waals surface area contributed by atoms with Gasteiger partial charge in [0.05, 0.1) is 7.11 Å². The second-order valence-electron chi connectivity index (χ2n) is 3.98. The minimum Gasteiger partial charge on any atom is -0.497 e. The summed E-state index contributed by atoms with van der Waals surface area (Å²) in [6, 6.07) is 8.93. The van der Waals surface area contributed by atoms with Crippen molar-refractivity contribution >= 4 is 40.4 Å². The summed E-state index contributed by atoms with van der Waals surface area (Å²) < 4.78 is 9.10. The molecule has 0 saturated heterocycles. The van der Waals surface area contributed by atoms with Crippen LogP contribution in [0, 0.1) is 11.3 Å². The minimum atomic E-state index is -0.512. The Hall–Kier alpha value is -2.37. The normalized spacial score (nSPS) is 10.9. The van der Waals surface area contributed by atoms with E-state index in [-0.39, 0.29) is 5.57 Å². The summed E-state index contributed by atoms with van der Waals surface area (Å²) in [6.45, 7) is 0.